The van der Waals surface area contributed by atoms with Crippen LogP contribution in [0.5, 0.6) is 5.75 Å². The number of carbonyl (C=O) groups is 1. The number of fused-ring (bicyclic) bond motifs is 1. The van der Waals surface area contributed by atoms with E-state index < -0.39 is 0 Å². The van der Waals surface area contributed by atoms with Crippen molar-refractivity contribution in [2.75, 3.05) is 20.3 Å². The molecule has 24 heavy (non-hydrogen) atoms. The largest absolute Gasteiger partial charge is 0.497 e. The molecule has 1 saturated heterocycles. The topological polar surface area (TPSA) is 64.8 Å². The van der Waals surface area contributed by atoms with E-state index in [4.69, 9.17) is 13.9 Å². The Balaban J connectivity index is 1.56. The first kappa shape index (κ1) is 15.2. The van der Waals surface area contributed by atoms with Crippen LogP contribution >= 0.6 is 0 Å². The molecule has 0 spiro atoms. The fourth-order valence-electron chi connectivity index (χ4n) is 3.41. The Morgan fingerprint density at radius 3 is 3.08 bits per heavy atom. The third-order valence-electron chi connectivity index (χ3n) is 4.73. The van der Waals surface area contributed by atoms with Crippen molar-refractivity contribution in [2.24, 2.45) is 0 Å². The minimum absolute atomic E-state index is 0.0947. The summed E-state index contributed by atoms with van der Waals surface area (Å²) in [6, 6.07) is 6.03. The molecule has 2 aromatic rings. The molecule has 0 bridgehead atoms. The average molecular weight is 328 g/mol. The van der Waals surface area contributed by atoms with Crippen molar-refractivity contribution in [1.82, 2.24) is 9.88 Å². The van der Waals surface area contributed by atoms with Gasteiger partial charge in [0.1, 0.15) is 11.9 Å². The summed E-state index contributed by atoms with van der Waals surface area (Å²) in [5, 5.41) is 0. The maximum atomic E-state index is 12.9. The molecule has 1 amide bonds. The quantitative estimate of drug-likeness (QED) is 0.867. The van der Waals surface area contributed by atoms with Gasteiger partial charge in [-0.1, -0.05) is 6.07 Å². The second-order valence-corrected chi connectivity index (χ2v) is 6.18. The first-order chi connectivity index (χ1) is 11.8. The Morgan fingerprint density at radius 2 is 2.29 bits per heavy atom. The number of ether oxygens (including phenoxy) is 2. The normalized spacial score (nSPS) is 20.0. The zero-order chi connectivity index (χ0) is 16.5. The summed E-state index contributed by atoms with van der Waals surface area (Å²) in [6.07, 6.45) is 3.87. The minimum Gasteiger partial charge on any atom is -0.497 e. The molecule has 1 aromatic carbocycles. The van der Waals surface area contributed by atoms with E-state index in [1.54, 1.807) is 7.11 Å². The summed E-state index contributed by atoms with van der Waals surface area (Å²) < 4.78 is 16.4. The number of nitrogens with zero attached hydrogens (tertiary/aromatic N) is 2. The van der Waals surface area contributed by atoms with Crippen LogP contribution in [0.2, 0.25) is 0 Å². The number of hydrogen-bond acceptors (Lipinski definition) is 5. The number of carbonyl (C=O) groups excluding carboxylic acids is 1. The van der Waals surface area contributed by atoms with Gasteiger partial charge in [-0.2, -0.15) is 0 Å². The lowest BCUT2D eigenvalue weighted by molar-refractivity contribution is 0.0696. The van der Waals surface area contributed by atoms with Crippen molar-refractivity contribution < 1.29 is 18.7 Å². The van der Waals surface area contributed by atoms with E-state index in [1.165, 1.54) is 12.0 Å². The van der Waals surface area contributed by atoms with Gasteiger partial charge in [0.15, 0.2) is 17.8 Å². The molecule has 1 atom stereocenters. The predicted octanol–water partition coefficient (Wildman–Crippen LogP) is 2.73. The van der Waals surface area contributed by atoms with Crippen LogP contribution < -0.4 is 4.74 Å². The smallest absolute Gasteiger partial charge is 0.276 e. The van der Waals surface area contributed by atoms with Gasteiger partial charge in [0.05, 0.1) is 7.11 Å². The lowest BCUT2D eigenvalue weighted by Gasteiger charge is -2.29. The predicted molar refractivity (Wildman–Crippen MR) is 85.9 cm³/mol. The second kappa shape index (κ2) is 6.28. The van der Waals surface area contributed by atoms with E-state index in [1.807, 2.05) is 17.0 Å². The third-order valence-corrected chi connectivity index (χ3v) is 4.73. The zero-order valence-electron chi connectivity index (χ0n) is 13.7. The highest BCUT2D eigenvalue weighted by Gasteiger charge is 2.31. The van der Waals surface area contributed by atoms with Crippen LogP contribution in [0.4, 0.5) is 0 Å². The summed E-state index contributed by atoms with van der Waals surface area (Å²) in [5.74, 6) is 1.28. The first-order valence-corrected chi connectivity index (χ1v) is 8.26. The van der Waals surface area contributed by atoms with Crippen molar-refractivity contribution in [1.29, 1.82) is 0 Å². The number of aromatic nitrogens is 1. The number of hydrogen-bond donors (Lipinski definition) is 0. The molecule has 4 rings (SSSR count). The lowest BCUT2D eigenvalue weighted by Crippen LogP contribution is -2.36. The SMILES string of the molecule is COc1ccc2c(c1)CN(C(=O)c1ncoc1[C@@H]1CCCO1)CC2. The van der Waals surface area contributed by atoms with Crippen LogP contribution in [0.15, 0.2) is 29.0 Å². The molecule has 0 N–H and O–H groups in total. The monoisotopic (exact) mass is 328 g/mol. The highest BCUT2D eigenvalue weighted by Crippen LogP contribution is 2.32. The van der Waals surface area contributed by atoms with Gasteiger partial charge in [-0.3, -0.25) is 4.79 Å². The maximum Gasteiger partial charge on any atom is 0.276 e. The Kier molecular flexibility index (Phi) is 3.98. The van der Waals surface area contributed by atoms with Crippen molar-refractivity contribution in [3.05, 3.63) is 47.2 Å². The molecule has 2 aliphatic rings. The van der Waals surface area contributed by atoms with Crippen LogP contribution in [0.3, 0.4) is 0 Å². The van der Waals surface area contributed by atoms with E-state index in [2.05, 4.69) is 11.1 Å². The summed E-state index contributed by atoms with van der Waals surface area (Å²) in [7, 11) is 1.65. The highest BCUT2D eigenvalue weighted by molar-refractivity contribution is 5.93. The molecule has 2 aliphatic heterocycles. The second-order valence-electron chi connectivity index (χ2n) is 6.18. The molecule has 6 heteroatoms. The van der Waals surface area contributed by atoms with Gasteiger partial charge in [0.25, 0.3) is 5.91 Å². The third kappa shape index (κ3) is 2.67. The molecular weight excluding hydrogens is 308 g/mol. The fraction of sp³-hybridized carbons (Fsp3) is 0.444. The van der Waals surface area contributed by atoms with Crippen LogP contribution in [-0.2, 0) is 17.7 Å². The van der Waals surface area contributed by atoms with Crippen molar-refractivity contribution in [3.63, 3.8) is 0 Å². The van der Waals surface area contributed by atoms with Gasteiger partial charge in [-0.05, 0) is 42.5 Å². The van der Waals surface area contributed by atoms with Crippen molar-refractivity contribution in [2.45, 2.75) is 31.9 Å². The van der Waals surface area contributed by atoms with Gasteiger partial charge < -0.3 is 18.8 Å². The lowest BCUT2D eigenvalue weighted by atomic mass is 9.99. The number of amides is 1. The van der Waals surface area contributed by atoms with E-state index in [0.29, 0.717) is 31.2 Å². The van der Waals surface area contributed by atoms with E-state index in [0.717, 1.165) is 30.6 Å². The molecule has 0 aliphatic carbocycles. The summed E-state index contributed by atoms with van der Waals surface area (Å²) in [6.45, 7) is 1.94. The summed E-state index contributed by atoms with van der Waals surface area (Å²) in [4.78, 5) is 18.9. The van der Waals surface area contributed by atoms with E-state index in [-0.39, 0.29) is 12.0 Å². The molecule has 0 saturated carbocycles. The number of oxazole rings is 1. The molecule has 0 unspecified atom stereocenters. The van der Waals surface area contributed by atoms with Gasteiger partial charge in [-0.25, -0.2) is 4.98 Å². The Labute approximate surface area is 140 Å². The fourth-order valence-corrected chi connectivity index (χ4v) is 3.41. The number of rotatable bonds is 3. The molecule has 6 nitrogen and oxygen atoms in total. The highest BCUT2D eigenvalue weighted by atomic mass is 16.5. The van der Waals surface area contributed by atoms with E-state index in [9.17, 15) is 4.79 Å². The molecule has 1 fully saturated rings. The van der Waals surface area contributed by atoms with E-state index >= 15 is 0 Å². The molecule has 126 valence electrons. The summed E-state index contributed by atoms with van der Waals surface area (Å²) >= 11 is 0. The van der Waals surface area contributed by atoms with Crippen LogP contribution in [-0.4, -0.2) is 36.1 Å². The van der Waals surface area contributed by atoms with Gasteiger partial charge >= 0.3 is 0 Å². The minimum atomic E-state index is -0.149. The van der Waals surface area contributed by atoms with Crippen LogP contribution in [0, 0.1) is 0 Å². The molecule has 3 heterocycles. The van der Waals surface area contributed by atoms with Gasteiger partial charge in [-0.15, -0.1) is 0 Å². The molecular formula is C18H20N2O4. The Hall–Kier alpha value is -2.34. The van der Waals surface area contributed by atoms with Gasteiger partial charge in [0.2, 0.25) is 0 Å². The number of benzene rings is 1. The Morgan fingerprint density at radius 1 is 1.38 bits per heavy atom. The van der Waals surface area contributed by atoms with Crippen molar-refractivity contribution in [3.8, 4) is 5.75 Å². The molecule has 0 radical (unpaired) electrons. The maximum absolute atomic E-state index is 12.9. The first-order valence-electron chi connectivity index (χ1n) is 8.26. The average Bonchev–Trinajstić information content (AvgIpc) is 3.30. The number of methoxy groups -OCH3 is 1. The standard InChI is InChI=1S/C18H20N2O4/c1-22-14-5-4-12-6-7-20(10-13(12)9-14)18(21)16-17(24-11-19-16)15-3-2-8-23-15/h4-5,9,11,15H,2-3,6-8,10H2,1H3/t15-/m0/s1. The Bertz CT molecular complexity index is 749. The molecule has 1 aromatic heterocycles. The van der Waals surface area contributed by atoms with Crippen LogP contribution in [0.25, 0.3) is 0 Å². The zero-order valence-corrected chi connectivity index (χ0v) is 13.7. The van der Waals surface area contributed by atoms with Crippen LogP contribution in [0.1, 0.15) is 46.3 Å². The van der Waals surface area contributed by atoms with Gasteiger partial charge in [0, 0.05) is 19.7 Å². The van der Waals surface area contributed by atoms with Crippen molar-refractivity contribution >= 4 is 5.91 Å². The summed E-state index contributed by atoms with van der Waals surface area (Å²) in [5.41, 5.74) is 2.77.